The number of nitrogens with one attached hydrogen (secondary N) is 2. The lowest BCUT2D eigenvalue weighted by Crippen LogP contribution is -2.16. The monoisotopic (exact) mass is 349 g/mol. The zero-order valence-electron chi connectivity index (χ0n) is 14.3. The molecule has 1 amide bonds. The summed E-state index contributed by atoms with van der Waals surface area (Å²) in [7, 11) is 0. The maximum atomic E-state index is 13.6. The van der Waals surface area contributed by atoms with Crippen molar-refractivity contribution in [3.63, 3.8) is 0 Å². The van der Waals surface area contributed by atoms with Crippen LogP contribution in [0.25, 0.3) is 0 Å². The van der Waals surface area contributed by atoms with Gasteiger partial charge < -0.3 is 10.6 Å². The number of nitrogens with zero attached hydrogens (tertiary/aromatic N) is 1. The van der Waals surface area contributed by atoms with Crippen LogP contribution in [0.2, 0.25) is 0 Å². The number of hydrogen-bond acceptors (Lipinski definition) is 3. The maximum absolute atomic E-state index is 13.6. The fraction of sp³-hybridized carbons (Fsp3) is 0.143. The summed E-state index contributed by atoms with van der Waals surface area (Å²) in [4.78, 5) is 16.2. The van der Waals surface area contributed by atoms with E-state index in [1.807, 2.05) is 24.3 Å². The predicted molar refractivity (Wildman–Crippen MR) is 102 cm³/mol. The second-order valence-electron chi connectivity index (χ2n) is 5.91. The molecule has 0 aliphatic rings. The third-order valence-corrected chi connectivity index (χ3v) is 3.93. The lowest BCUT2D eigenvalue weighted by molar-refractivity contribution is -0.115. The first kappa shape index (κ1) is 17.6. The fourth-order valence-electron chi connectivity index (χ4n) is 2.57. The third kappa shape index (κ3) is 5.14. The Morgan fingerprint density at radius 1 is 0.962 bits per heavy atom. The highest BCUT2D eigenvalue weighted by Gasteiger charge is 2.08. The van der Waals surface area contributed by atoms with Gasteiger partial charge in [0.25, 0.3) is 0 Å². The largest absolute Gasteiger partial charge is 0.383 e. The van der Waals surface area contributed by atoms with Crippen LogP contribution < -0.4 is 10.6 Å². The molecule has 1 heterocycles. The number of anilines is 2. The lowest BCUT2D eigenvalue weighted by Gasteiger charge is -2.08. The second-order valence-corrected chi connectivity index (χ2v) is 5.91. The Morgan fingerprint density at radius 2 is 1.73 bits per heavy atom. The van der Waals surface area contributed by atoms with Crippen LogP contribution in [0, 0.1) is 5.82 Å². The number of benzene rings is 2. The molecule has 0 bridgehead atoms. The molecule has 0 spiro atoms. The highest BCUT2D eigenvalue weighted by Crippen LogP contribution is 2.12. The van der Waals surface area contributed by atoms with E-state index in [0.717, 1.165) is 18.7 Å². The first-order valence-electron chi connectivity index (χ1n) is 8.48. The van der Waals surface area contributed by atoms with Crippen LogP contribution in [0.15, 0.2) is 72.9 Å². The summed E-state index contributed by atoms with van der Waals surface area (Å²) in [5.41, 5.74) is 2.52. The van der Waals surface area contributed by atoms with E-state index in [0.29, 0.717) is 11.4 Å². The number of hydrogen-bond donors (Lipinski definition) is 2. The van der Waals surface area contributed by atoms with Crippen molar-refractivity contribution < 1.29 is 9.18 Å². The van der Waals surface area contributed by atoms with E-state index in [9.17, 15) is 9.18 Å². The van der Waals surface area contributed by atoms with Crippen molar-refractivity contribution in [3.05, 3.63) is 89.9 Å². The first-order chi connectivity index (χ1) is 12.7. The van der Waals surface area contributed by atoms with E-state index in [1.165, 1.54) is 11.6 Å². The molecule has 0 saturated carbocycles. The van der Waals surface area contributed by atoms with Crippen LogP contribution >= 0.6 is 0 Å². The summed E-state index contributed by atoms with van der Waals surface area (Å²) in [5.74, 6) is -0.235. The van der Waals surface area contributed by atoms with Crippen LogP contribution in [0.4, 0.5) is 15.9 Å². The van der Waals surface area contributed by atoms with Crippen molar-refractivity contribution in [1.29, 1.82) is 0 Å². The molecule has 0 aliphatic heterocycles. The van der Waals surface area contributed by atoms with Crippen LogP contribution in [0.3, 0.4) is 0 Å². The molecule has 0 atom stereocenters. The highest BCUT2D eigenvalue weighted by atomic mass is 19.1. The minimum atomic E-state index is -0.381. The van der Waals surface area contributed by atoms with E-state index in [-0.39, 0.29) is 18.1 Å². The van der Waals surface area contributed by atoms with E-state index in [1.54, 1.807) is 30.5 Å². The second kappa shape index (κ2) is 8.76. The zero-order valence-corrected chi connectivity index (χ0v) is 14.3. The van der Waals surface area contributed by atoms with E-state index in [2.05, 4.69) is 27.8 Å². The minimum absolute atomic E-state index is 0.0224. The standard InChI is InChI=1S/C21H20FN3O/c22-19-9-5-4-8-17(19)14-21(26)25-20-11-10-18(15-24-20)23-13-12-16-6-2-1-3-7-16/h1-11,15,23H,12-14H2,(H,24,25,26). The number of pyridine rings is 1. The van der Waals surface area contributed by atoms with Crippen LogP contribution in [0.5, 0.6) is 0 Å². The van der Waals surface area contributed by atoms with Gasteiger partial charge in [-0.25, -0.2) is 9.37 Å². The number of amides is 1. The topological polar surface area (TPSA) is 54.0 Å². The van der Waals surface area contributed by atoms with Gasteiger partial charge in [0.15, 0.2) is 0 Å². The summed E-state index contributed by atoms with van der Waals surface area (Å²) in [5, 5.41) is 5.98. The van der Waals surface area contributed by atoms with Crippen molar-refractivity contribution in [1.82, 2.24) is 4.98 Å². The summed E-state index contributed by atoms with van der Waals surface area (Å²) in [6, 6.07) is 20.1. The minimum Gasteiger partial charge on any atom is -0.383 e. The van der Waals surface area contributed by atoms with E-state index < -0.39 is 0 Å². The Hall–Kier alpha value is -3.21. The quantitative estimate of drug-likeness (QED) is 0.676. The molecule has 0 saturated heterocycles. The molecule has 0 fully saturated rings. The Labute approximate surface area is 152 Å². The van der Waals surface area contributed by atoms with Gasteiger partial charge in [0.1, 0.15) is 11.6 Å². The van der Waals surface area contributed by atoms with Crippen LogP contribution in [-0.4, -0.2) is 17.4 Å². The van der Waals surface area contributed by atoms with E-state index in [4.69, 9.17) is 0 Å². The Morgan fingerprint density at radius 3 is 2.46 bits per heavy atom. The van der Waals surface area contributed by atoms with Gasteiger partial charge in [0, 0.05) is 6.54 Å². The number of rotatable bonds is 7. The fourth-order valence-corrected chi connectivity index (χ4v) is 2.57. The average Bonchev–Trinajstić information content (AvgIpc) is 2.66. The number of aromatic nitrogens is 1. The van der Waals surface area contributed by atoms with Gasteiger partial charge in [-0.2, -0.15) is 0 Å². The Balaban J connectivity index is 1.48. The van der Waals surface area contributed by atoms with Crippen molar-refractivity contribution in [2.75, 3.05) is 17.2 Å². The molecule has 3 aromatic rings. The molecule has 0 aliphatic carbocycles. The smallest absolute Gasteiger partial charge is 0.230 e. The molecule has 0 unspecified atom stereocenters. The molecular weight excluding hydrogens is 329 g/mol. The SMILES string of the molecule is O=C(Cc1ccccc1F)Nc1ccc(NCCc2ccccc2)cn1. The average molecular weight is 349 g/mol. The third-order valence-electron chi connectivity index (χ3n) is 3.93. The molecule has 2 N–H and O–H groups in total. The molecule has 5 heteroatoms. The Bertz CT molecular complexity index is 851. The summed E-state index contributed by atoms with van der Waals surface area (Å²) in [6.45, 7) is 0.796. The van der Waals surface area contributed by atoms with Crippen LogP contribution in [0.1, 0.15) is 11.1 Å². The zero-order chi connectivity index (χ0) is 18.2. The number of carbonyl (C=O) groups is 1. The lowest BCUT2D eigenvalue weighted by atomic mass is 10.1. The van der Waals surface area contributed by atoms with E-state index >= 15 is 0 Å². The molecule has 132 valence electrons. The van der Waals surface area contributed by atoms with Crippen molar-refractivity contribution in [2.24, 2.45) is 0 Å². The molecule has 26 heavy (non-hydrogen) atoms. The number of halogens is 1. The molecule has 0 radical (unpaired) electrons. The summed E-state index contributed by atoms with van der Waals surface area (Å²) in [6.07, 6.45) is 2.57. The number of carbonyl (C=O) groups excluding carboxylic acids is 1. The predicted octanol–water partition coefficient (Wildman–Crippen LogP) is 4.06. The highest BCUT2D eigenvalue weighted by molar-refractivity contribution is 5.91. The summed E-state index contributed by atoms with van der Waals surface area (Å²) < 4.78 is 13.6. The van der Waals surface area contributed by atoms with Gasteiger partial charge in [-0.15, -0.1) is 0 Å². The maximum Gasteiger partial charge on any atom is 0.230 e. The van der Waals surface area contributed by atoms with Gasteiger partial charge >= 0.3 is 0 Å². The van der Waals surface area contributed by atoms with Gasteiger partial charge in [0.05, 0.1) is 18.3 Å². The van der Waals surface area contributed by atoms with Gasteiger partial charge in [-0.1, -0.05) is 48.5 Å². The van der Waals surface area contributed by atoms with Crippen molar-refractivity contribution >= 4 is 17.4 Å². The molecule has 2 aromatic carbocycles. The van der Waals surface area contributed by atoms with Crippen molar-refractivity contribution in [2.45, 2.75) is 12.8 Å². The van der Waals surface area contributed by atoms with Gasteiger partial charge in [-0.3, -0.25) is 4.79 Å². The first-order valence-corrected chi connectivity index (χ1v) is 8.48. The molecule has 1 aromatic heterocycles. The Kier molecular flexibility index (Phi) is 5.93. The summed E-state index contributed by atoms with van der Waals surface area (Å²) >= 11 is 0. The molecule has 4 nitrogen and oxygen atoms in total. The van der Waals surface area contributed by atoms with Gasteiger partial charge in [-0.05, 0) is 35.7 Å². The van der Waals surface area contributed by atoms with Crippen LogP contribution in [-0.2, 0) is 17.6 Å². The van der Waals surface area contributed by atoms with Crippen molar-refractivity contribution in [3.8, 4) is 0 Å². The molecule has 3 rings (SSSR count). The normalized spacial score (nSPS) is 10.3. The molecular formula is C21H20FN3O. The van der Waals surface area contributed by atoms with Gasteiger partial charge in [0.2, 0.25) is 5.91 Å².